The lowest BCUT2D eigenvalue weighted by Crippen LogP contribution is -2.51. The molecule has 0 unspecified atom stereocenters. The minimum absolute atomic E-state index is 0.0526. The van der Waals surface area contributed by atoms with Crippen LogP contribution < -0.4 is 5.32 Å². The summed E-state index contributed by atoms with van der Waals surface area (Å²) in [5, 5.41) is 4.01. The fourth-order valence-corrected chi connectivity index (χ4v) is 6.21. The summed E-state index contributed by atoms with van der Waals surface area (Å²) in [5.41, 5.74) is 1.51. The zero-order chi connectivity index (χ0) is 21.8. The second kappa shape index (κ2) is 9.63. The Kier molecular flexibility index (Phi) is 6.89. The van der Waals surface area contributed by atoms with Crippen molar-refractivity contribution in [2.24, 2.45) is 0 Å². The number of nitrogens with zero attached hydrogens (tertiary/aromatic N) is 3. The van der Waals surface area contributed by atoms with Gasteiger partial charge in [-0.2, -0.15) is 4.31 Å². The van der Waals surface area contributed by atoms with E-state index in [0.717, 1.165) is 23.8 Å². The smallest absolute Gasteiger partial charge is 0.245 e. The van der Waals surface area contributed by atoms with Crippen molar-refractivity contribution >= 4 is 26.8 Å². The number of amides is 1. The van der Waals surface area contributed by atoms with Crippen LogP contribution in [0.3, 0.4) is 0 Å². The number of pyridine rings is 1. The van der Waals surface area contributed by atoms with Crippen molar-refractivity contribution < 1.29 is 13.2 Å². The maximum absolute atomic E-state index is 13.3. The Bertz CT molecular complexity index is 1020. The van der Waals surface area contributed by atoms with E-state index in [9.17, 15) is 13.2 Å². The summed E-state index contributed by atoms with van der Waals surface area (Å²) in [5.74, 6) is 0.0526. The Hall–Kier alpha value is -2.03. The molecule has 1 aromatic carbocycles. The Labute approximate surface area is 184 Å². The lowest BCUT2D eigenvalue weighted by molar-refractivity contribution is -0.123. The molecule has 1 aromatic heterocycles. The van der Waals surface area contributed by atoms with E-state index in [1.807, 2.05) is 24.0 Å². The quantitative estimate of drug-likeness (QED) is 0.717. The Morgan fingerprint density at radius 3 is 2.52 bits per heavy atom. The molecule has 0 atom stereocenters. The van der Waals surface area contributed by atoms with E-state index in [1.165, 1.54) is 30.0 Å². The van der Waals surface area contributed by atoms with Gasteiger partial charge in [0.25, 0.3) is 0 Å². The molecule has 4 rings (SSSR count). The van der Waals surface area contributed by atoms with Crippen molar-refractivity contribution in [1.82, 2.24) is 19.5 Å². The fourth-order valence-electron chi connectivity index (χ4n) is 4.62. The summed E-state index contributed by atoms with van der Waals surface area (Å²) in [6, 6.07) is 7.53. The van der Waals surface area contributed by atoms with Crippen LogP contribution in [0.5, 0.6) is 0 Å². The second-order valence-electron chi connectivity index (χ2n) is 8.78. The molecule has 1 N–H and O–H groups in total. The minimum Gasteiger partial charge on any atom is -0.352 e. The van der Waals surface area contributed by atoms with Crippen LogP contribution in [-0.2, 0) is 14.8 Å². The molecule has 0 spiro atoms. The van der Waals surface area contributed by atoms with Gasteiger partial charge >= 0.3 is 0 Å². The van der Waals surface area contributed by atoms with Gasteiger partial charge in [-0.1, -0.05) is 37.8 Å². The van der Waals surface area contributed by atoms with E-state index in [4.69, 9.17) is 0 Å². The average Bonchev–Trinajstić information content (AvgIpc) is 3.02. The molecule has 8 heteroatoms. The molecule has 0 bridgehead atoms. The molecule has 168 valence electrons. The SMILES string of the molecule is Cc1cnc2c(S(=O)(=O)N3CCN(CC(=O)NC4CCCCCC4)CC3)cccc2c1. The molecule has 7 nitrogen and oxygen atoms in total. The number of hydrogen-bond acceptors (Lipinski definition) is 5. The van der Waals surface area contributed by atoms with Gasteiger partial charge in [0, 0.05) is 43.8 Å². The predicted octanol–water partition coefficient (Wildman–Crippen LogP) is 2.69. The van der Waals surface area contributed by atoms with Gasteiger partial charge in [-0.25, -0.2) is 8.42 Å². The zero-order valence-electron chi connectivity index (χ0n) is 18.2. The van der Waals surface area contributed by atoms with Crippen LogP contribution in [0.1, 0.15) is 44.1 Å². The van der Waals surface area contributed by atoms with Crippen LogP contribution >= 0.6 is 0 Å². The standard InChI is InChI=1S/C23H32N4O3S/c1-18-15-19-7-6-10-21(23(19)24-16-18)31(29,30)27-13-11-26(12-14-27)17-22(28)25-20-8-4-2-3-5-9-20/h6-7,10,15-16,20H,2-5,8-9,11-14,17H2,1H3,(H,25,28). The number of nitrogens with one attached hydrogen (secondary N) is 1. The summed E-state index contributed by atoms with van der Waals surface area (Å²) in [4.78, 5) is 19.2. The number of fused-ring (bicyclic) bond motifs is 1. The Balaban J connectivity index is 1.36. The van der Waals surface area contributed by atoms with Crippen molar-refractivity contribution in [1.29, 1.82) is 0 Å². The van der Waals surface area contributed by atoms with Crippen molar-refractivity contribution in [2.45, 2.75) is 56.4 Å². The van der Waals surface area contributed by atoms with Crippen LogP contribution in [0.2, 0.25) is 0 Å². The van der Waals surface area contributed by atoms with Crippen LogP contribution in [0.25, 0.3) is 10.9 Å². The first-order valence-corrected chi connectivity index (χ1v) is 12.7. The molecular formula is C23H32N4O3S. The van der Waals surface area contributed by atoms with Gasteiger partial charge in [0.05, 0.1) is 12.1 Å². The number of aromatic nitrogens is 1. The molecule has 2 aliphatic rings. The molecule has 1 saturated carbocycles. The topological polar surface area (TPSA) is 82.6 Å². The highest BCUT2D eigenvalue weighted by Gasteiger charge is 2.31. The number of carbonyl (C=O) groups excluding carboxylic acids is 1. The van der Waals surface area contributed by atoms with Crippen LogP contribution in [-0.4, -0.2) is 67.3 Å². The summed E-state index contributed by atoms with van der Waals surface area (Å²) in [6.07, 6.45) is 8.72. The molecule has 2 heterocycles. The van der Waals surface area contributed by atoms with Gasteiger partial charge in [0.2, 0.25) is 15.9 Å². The van der Waals surface area contributed by atoms with Crippen molar-refractivity contribution in [2.75, 3.05) is 32.7 Å². The van der Waals surface area contributed by atoms with Gasteiger partial charge in [0.1, 0.15) is 4.90 Å². The lowest BCUT2D eigenvalue weighted by Gasteiger charge is -2.34. The highest BCUT2D eigenvalue weighted by molar-refractivity contribution is 7.89. The fraction of sp³-hybridized carbons (Fsp3) is 0.565. The summed E-state index contributed by atoms with van der Waals surface area (Å²) >= 11 is 0. The number of aryl methyl sites for hydroxylation is 1. The largest absolute Gasteiger partial charge is 0.352 e. The van der Waals surface area contributed by atoms with Gasteiger partial charge in [-0.3, -0.25) is 14.7 Å². The van der Waals surface area contributed by atoms with Gasteiger partial charge < -0.3 is 5.32 Å². The summed E-state index contributed by atoms with van der Waals surface area (Å²) in [6.45, 7) is 4.13. The lowest BCUT2D eigenvalue weighted by atomic mass is 10.1. The first-order valence-electron chi connectivity index (χ1n) is 11.3. The molecule has 1 aliphatic carbocycles. The van der Waals surface area contributed by atoms with Gasteiger partial charge in [0.15, 0.2) is 0 Å². The van der Waals surface area contributed by atoms with E-state index < -0.39 is 10.0 Å². The van der Waals surface area contributed by atoms with E-state index in [2.05, 4.69) is 10.3 Å². The molecule has 1 aliphatic heterocycles. The Morgan fingerprint density at radius 2 is 1.81 bits per heavy atom. The monoisotopic (exact) mass is 444 g/mol. The molecule has 2 fully saturated rings. The van der Waals surface area contributed by atoms with Gasteiger partial charge in [-0.05, 0) is 37.5 Å². The number of carbonyl (C=O) groups is 1. The third-order valence-electron chi connectivity index (χ3n) is 6.35. The van der Waals surface area contributed by atoms with E-state index in [1.54, 1.807) is 18.3 Å². The average molecular weight is 445 g/mol. The number of para-hydroxylation sites is 1. The number of benzene rings is 1. The third kappa shape index (κ3) is 5.25. The normalized spacial score (nSPS) is 19.9. The molecule has 31 heavy (non-hydrogen) atoms. The molecule has 2 aromatic rings. The number of hydrogen-bond donors (Lipinski definition) is 1. The highest BCUT2D eigenvalue weighted by atomic mass is 32.2. The van der Waals surface area contributed by atoms with Crippen molar-refractivity contribution in [3.8, 4) is 0 Å². The van der Waals surface area contributed by atoms with Crippen molar-refractivity contribution in [3.05, 3.63) is 36.0 Å². The first kappa shape index (κ1) is 22.2. The van der Waals surface area contributed by atoms with Crippen LogP contribution in [0, 0.1) is 6.92 Å². The second-order valence-corrected chi connectivity index (χ2v) is 10.7. The number of sulfonamides is 1. The van der Waals surface area contributed by atoms with E-state index >= 15 is 0 Å². The zero-order valence-corrected chi connectivity index (χ0v) is 19.0. The van der Waals surface area contributed by atoms with E-state index in [-0.39, 0.29) is 10.8 Å². The minimum atomic E-state index is -3.64. The van der Waals surface area contributed by atoms with Crippen molar-refractivity contribution in [3.63, 3.8) is 0 Å². The maximum atomic E-state index is 13.3. The van der Waals surface area contributed by atoms with Crippen LogP contribution in [0.15, 0.2) is 35.4 Å². The summed E-state index contributed by atoms with van der Waals surface area (Å²) in [7, 11) is -3.64. The third-order valence-corrected chi connectivity index (χ3v) is 8.28. The maximum Gasteiger partial charge on any atom is 0.245 e. The molecule has 1 amide bonds. The summed E-state index contributed by atoms with van der Waals surface area (Å²) < 4.78 is 28.1. The van der Waals surface area contributed by atoms with E-state index in [0.29, 0.717) is 44.3 Å². The Morgan fingerprint density at radius 1 is 1.10 bits per heavy atom. The highest BCUT2D eigenvalue weighted by Crippen LogP contribution is 2.25. The predicted molar refractivity (Wildman–Crippen MR) is 121 cm³/mol. The molecule has 0 radical (unpaired) electrons. The van der Waals surface area contributed by atoms with Gasteiger partial charge in [-0.15, -0.1) is 0 Å². The molecular weight excluding hydrogens is 412 g/mol. The first-order chi connectivity index (χ1) is 14.9. The number of piperazine rings is 1. The van der Waals surface area contributed by atoms with Crippen LogP contribution in [0.4, 0.5) is 0 Å². The number of rotatable bonds is 5. The molecule has 1 saturated heterocycles.